The molecule has 3 fully saturated rings. The molecular weight excluding hydrogens is 1040 g/mol. The summed E-state index contributed by atoms with van der Waals surface area (Å²) in [5.74, 6) is -2.25. The zero-order valence-electron chi connectivity index (χ0n) is 46.7. The van der Waals surface area contributed by atoms with Gasteiger partial charge in [0.1, 0.15) is 30.5 Å². The normalized spacial score (nSPS) is 25.9. The number of aromatic amines is 1. The number of esters is 2. The third-order valence-corrected chi connectivity index (χ3v) is 20.8. The second kappa shape index (κ2) is 30.4. The summed E-state index contributed by atoms with van der Waals surface area (Å²) in [6, 6.07) is 1.58. The molecule has 23 nitrogen and oxygen atoms in total. The third-order valence-electron chi connectivity index (χ3n) is 13.1. The van der Waals surface area contributed by atoms with Crippen molar-refractivity contribution < 1.29 is 78.7 Å². The zero-order valence-corrected chi connectivity index (χ0v) is 49.5. The summed E-state index contributed by atoms with van der Waals surface area (Å²) in [5.41, 5.74) is -1.68. The lowest BCUT2D eigenvalue weighted by atomic mass is 9.96. The Morgan fingerprint density at radius 1 is 0.893 bits per heavy atom. The Morgan fingerprint density at radius 3 is 1.91 bits per heavy atom. The first kappa shape index (κ1) is 66.3. The van der Waals surface area contributed by atoms with Crippen LogP contribution < -0.4 is 21.5 Å². The number of fused-ring (bicyclic) bond motifs is 1. The number of methoxy groups -OCH3 is 1. The lowest BCUT2D eigenvalue weighted by Crippen LogP contribution is -2.73. The Labute approximate surface area is 445 Å². The van der Waals surface area contributed by atoms with E-state index in [1.54, 1.807) is 0 Å². The SMILES string of the molecule is CCCC[N+](CCCC)(CCCC)CCCC.CO[C@@H]1[C@@H](NC(C)=O)[C@@H](OP(=O)([O-])OP(OCCC#N)OC[C@H]2O[C@@H](n3ccc(=O)[nH]c3=O)[C@H](OC(C)=O)[C@@H]2OC(C)=O)O[C@@H]2CO[Si](C(C)(C)C)(C(C)(C)C)O[C@@H]12. The van der Waals surface area contributed by atoms with Crippen molar-refractivity contribution in [2.75, 3.05) is 53.1 Å². The van der Waals surface area contributed by atoms with Gasteiger partial charge in [0.2, 0.25) is 5.91 Å². The number of phosphoric ester groups is 1. The van der Waals surface area contributed by atoms with Gasteiger partial charge in [-0.05, 0) is 25.7 Å². The highest BCUT2D eigenvalue weighted by Gasteiger charge is 2.65. The summed E-state index contributed by atoms with van der Waals surface area (Å²) >= 11 is 0. The van der Waals surface area contributed by atoms with Crippen molar-refractivity contribution in [3.05, 3.63) is 33.1 Å². The largest absolute Gasteiger partial charge is 0.756 e. The van der Waals surface area contributed by atoms with Crippen LogP contribution in [0.15, 0.2) is 21.9 Å². The number of unbranched alkanes of at least 4 members (excludes halogenated alkanes) is 4. The van der Waals surface area contributed by atoms with Crippen LogP contribution in [0.3, 0.4) is 0 Å². The van der Waals surface area contributed by atoms with Crippen molar-refractivity contribution >= 4 is 42.8 Å². The number of phosphoric acid groups is 1. The molecule has 2 unspecified atom stereocenters. The van der Waals surface area contributed by atoms with Crippen LogP contribution in [0, 0.1) is 11.3 Å². The maximum atomic E-state index is 13.6. The Morgan fingerprint density at radius 2 is 1.44 bits per heavy atom. The van der Waals surface area contributed by atoms with E-state index in [0.717, 1.165) is 30.7 Å². The number of nitriles is 1. The number of nitrogens with one attached hydrogen (secondary N) is 2. The van der Waals surface area contributed by atoms with Crippen molar-refractivity contribution in [2.24, 2.45) is 0 Å². The van der Waals surface area contributed by atoms with Gasteiger partial charge in [-0.15, -0.1) is 0 Å². The number of hydrogen-bond acceptors (Lipinski definition) is 19. The standard InChI is InChI=1S/C33H52N4O18P2Si.C16H36N/c1-18(38)35-24-27(45-10)26-22(17-48-58(54-26,32(4,5)6)33(7,8)9)52-30(24)53-57(43,44)55-56(46-15-11-13-34)47-16-21-25(49-19(2)39)28(50-20(3)40)29(51-21)37-14-12-23(41)36-31(37)42;1-5-9-13-17(14-10-6-2,15-11-7-3)16-12-8-4/h12,14,21-22,24-30H,11,15-17H2,1-10H3,(H,35,38)(H,43,44)(H,36,41,42);5-16H2,1-4H3/q;+1/p-1/t21-,22-,24-,25-,26-,27-,28-,29-,30-,56?;/m1./s1. The molecule has 75 heavy (non-hydrogen) atoms. The number of hydrogen-bond donors (Lipinski definition) is 2. The molecule has 3 aliphatic heterocycles. The molecule has 1 amide bonds. The molecule has 0 saturated carbocycles. The summed E-state index contributed by atoms with van der Waals surface area (Å²) in [4.78, 5) is 76.8. The molecule has 26 heteroatoms. The van der Waals surface area contributed by atoms with E-state index in [1.165, 1.54) is 96.1 Å². The van der Waals surface area contributed by atoms with Crippen LogP contribution in [0.4, 0.5) is 0 Å². The first-order valence-corrected chi connectivity index (χ1v) is 30.6. The van der Waals surface area contributed by atoms with Crippen LogP contribution >= 0.6 is 16.4 Å². The van der Waals surface area contributed by atoms with Crippen LogP contribution in [0.25, 0.3) is 0 Å². The first-order chi connectivity index (χ1) is 35.2. The number of aromatic nitrogens is 2. The van der Waals surface area contributed by atoms with Crippen LogP contribution in [0.2, 0.25) is 10.1 Å². The molecule has 0 spiro atoms. The van der Waals surface area contributed by atoms with Gasteiger partial charge in [0.15, 0.2) is 24.7 Å². The second-order valence-corrected chi connectivity index (χ2v) is 28.7. The Balaban J connectivity index is 0.000000744. The quantitative estimate of drug-likeness (QED) is 0.0305. The van der Waals surface area contributed by atoms with Crippen molar-refractivity contribution in [1.82, 2.24) is 14.9 Å². The average Bonchev–Trinajstić information content (AvgIpc) is 3.63. The minimum absolute atomic E-state index is 0.0134. The second-order valence-electron chi connectivity index (χ2n) is 21.3. The van der Waals surface area contributed by atoms with E-state index in [-0.39, 0.29) is 19.6 Å². The molecule has 11 atom stereocenters. The van der Waals surface area contributed by atoms with Gasteiger partial charge in [-0.1, -0.05) is 94.9 Å². The number of quaternary nitrogens is 1. The molecule has 0 bridgehead atoms. The number of nitrogens with zero attached hydrogens (tertiary/aromatic N) is 3. The predicted molar refractivity (Wildman–Crippen MR) is 278 cm³/mol. The number of rotatable bonds is 27. The highest BCUT2D eigenvalue weighted by molar-refractivity contribution is 7.57. The van der Waals surface area contributed by atoms with Crippen LogP contribution in [-0.4, -0.2) is 143 Å². The number of carbonyl (C=O) groups is 3. The van der Waals surface area contributed by atoms with Gasteiger partial charge in [0.25, 0.3) is 13.4 Å². The molecule has 4 heterocycles. The van der Waals surface area contributed by atoms with Crippen molar-refractivity contribution in [3.8, 4) is 6.07 Å². The predicted octanol–water partition coefficient (Wildman–Crippen LogP) is 6.68. The summed E-state index contributed by atoms with van der Waals surface area (Å²) in [7, 11) is -10.2. The minimum Gasteiger partial charge on any atom is -0.756 e. The van der Waals surface area contributed by atoms with E-state index in [0.29, 0.717) is 0 Å². The van der Waals surface area contributed by atoms with Gasteiger partial charge < -0.3 is 56.3 Å². The average molecular weight is 1120 g/mol. The van der Waals surface area contributed by atoms with Crippen LogP contribution in [-0.2, 0) is 69.4 Å². The lowest BCUT2D eigenvalue weighted by molar-refractivity contribution is -0.929. The van der Waals surface area contributed by atoms with Gasteiger partial charge >= 0.3 is 34.8 Å². The van der Waals surface area contributed by atoms with Gasteiger partial charge in [0.05, 0.1) is 58.5 Å². The summed E-state index contributed by atoms with van der Waals surface area (Å²) in [5, 5.41) is 10.9. The fourth-order valence-corrected chi connectivity index (χ4v) is 17.0. The highest BCUT2D eigenvalue weighted by atomic mass is 31.3. The Bertz CT molecular complexity index is 2110. The Kier molecular flexibility index (Phi) is 26.9. The van der Waals surface area contributed by atoms with E-state index < -0.39 is 126 Å². The van der Waals surface area contributed by atoms with E-state index in [2.05, 4.69) is 33.0 Å². The topological polar surface area (TPSA) is 284 Å². The molecule has 1 aromatic rings. The molecule has 0 aromatic carbocycles. The maximum absolute atomic E-state index is 13.6. The van der Waals surface area contributed by atoms with Crippen LogP contribution in [0.1, 0.15) is 154 Å². The van der Waals surface area contributed by atoms with E-state index in [4.69, 9.17) is 55.7 Å². The number of carbonyl (C=O) groups excluding carboxylic acids is 3. The highest BCUT2D eigenvalue weighted by Crippen LogP contribution is 2.59. The monoisotopic (exact) mass is 1120 g/mol. The molecule has 430 valence electrons. The molecule has 1 aromatic heterocycles. The molecule has 2 N–H and O–H groups in total. The zero-order chi connectivity index (χ0) is 56.4. The smallest absolute Gasteiger partial charge is 0.349 e. The maximum Gasteiger partial charge on any atom is 0.349 e. The minimum atomic E-state index is -5.54. The lowest BCUT2D eigenvalue weighted by Gasteiger charge is -2.58. The number of ether oxygens (including phenoxy) is 5. The van der Waals surface area contributed by atoms with Gasteiger partial charge in [-0.2, -0.15) is 5.26 Å². The summed E-state index contributed by atoms with van der Waals surface area (Å²) in [6.07, 6.45) is 1.70. The van der Waals surface area contributed by atoms with Crippen molar-refractivity contribution in [1.29, 1.82) is 5.26 Å². The molecule has 3 aliphatic rings. The van der Waals surface area contributed by atoms with Crippen molar-refractivity contribution in [3.63, 3.8) is 0 Å². The molecule has 4 rings (SSSR count). The third kappa shape index (κ3) is 19.1. The van der Waals surface area contributed by atoms with E-state index in [1.807, 2.05) is 52.6 Å². The molecular formula is C49H87N5O18P2Si. The van der Waals surface area contributed by atoms with Gasteiger partial charge in [-0.3, -0.25) is 37.8 Å². The van der Waals surface area contributed by atoms with Gasteiger partial charge in [-0.25, -0.2) is 9.11 Å². The number of amides is 1. The summed E-state index contributed by atoms with van der Waals surface area (Å²) in [6.45, 7) is 29.4. The van der Waals surface area contributed by atoms with Crippen LogP contribution in [0.5, 0.6) is 0 Å². The summed E-state index contributed by atoms with van der Waals surface area (Å²) < 4.78 is 79.7. The van der Waals surface area contributed by atoms with E-state index >= 15 is 0 Å². The molecule has 3 saturated heterocycles. The van der Waals surface area contributed by atoms with E-state index in [9.17, 15) is 33.4 Å². The first-order valence-electron chi connectivity index (χ1n) is 26.2. The Hall–Kier alpha value is -2.98. The molecule has 0 aliphatic carbocycles. The fourth-order valence-electron chi connectivity index (χ4n) is 9.88. The molecule has 0 radical (unpaired) electrons. The van der Waals surface area contributed by atoms with Gasteiger partial charge in [0, 0.05) is 50.2 Å². The fraction of sp³-hybridized carbons (Fsp3) is 0.837. The van der Waals surface area contributed by atoms with Crippen molar-refractivity contribution in [2.45, 2.75) is 213 Å². The number of H-pyrrole nitrogens is 1.